The van der Waals surface area contributed by atoms with Crippen LogP contribution in [0.4, 0.5) is 8.78 Å². The van der Waals surface area contributed by atoms with Gasteiger partial charge in [-0.2, -0.15) is 0 Å². The van der Waals surface area contributed by atoms with E-state index in [4.69, 9.17) is 4.74 Å². The first-order valence-corrected chi connectivity index (χ1v) is 6.93. The largest absolute Gasteiger partial charge is 0.492 e. The summed E-state index contributed by atoms with van der Waals surface area (Å²) in [5, 5.41) is 2.56. The van der Waals surface area contributed by atoms with Crippen molar-refractivity contribution >= 4 is 5.91 Å². The molecular formula is C15H20F2N2O2. The van der Waals surface area contributed by atoms with Crippen LogP contribution < -0.4 is 10.1 Å². The van der Waals surface area contributed by atoms with Gasteiger partial charge in [0.2, 0.25) is 5.91 Å². The van der Waals surface area contributed by atoms with Crippen LogP contribution >= 0.6 is 0 Å². The van der Waals surface area contributed by atoms with Crippen molar-refractivity contribution in [3.8, 4) is 5.75 Å². The molecule has 1 amide bonds. The fourth-order valence-electron chi connectivity index (χ4n) is 2.20. The highest BCUT2D eigenvalue weighted by Crippen LogP contribution is 2.25. The second kappa shape index (κ2) is 6.39. The van der Waals surface area contributed by atoms with Gasteiger partial charge in [0.05, 0.1) is 19.1 Å². The molecule has 116 valence electrons. The molecule has 0 aromatic heterocycles. The molecule has 1 heterocycles. The summed E-state index contributed by atoms with van der Waals surface area (Å²) in [6, 6.07) is 6.79. The Labute approximate surface area is 123 Å². The molecule has 0 spiro atoms. The van der Waals surface area contributed by atoms with Gasteiger partial charge in [-0.25, -0.2) is 8.78 Å². The van der Waals surface area contributed by atoms with Crippen LogP contribution in [0.25, 0.3) is 0 Å². The number of carbonyl (C=O) groups excluding carboxylic acids is 1. The van der Waals surface area contributed by atoms with Crippen molar-refractivity contribution in [3.63, 3.8) is 0 Å². The first kappa shape index (κ1) is 15.7. The minimum absolute atomic E-state index is 0.320. The van der Waals surface area contributed by atoms with E-state index >= 15 is 0 Å². The molecular weight excluding hydrogens is 278 g/mol. The second-order valence-electron chi connectivity index (χ2n) is 5.41. The van der Waals surface area contributed by atoms with Gasteiger partial charge in [-0.3, -0.25) is 10.1 Å². The molecule has 1 saturated heterocycles. The number of hydrogen-bond donors (Lipinski definition) is 1. The molecule has 1 unspecified atom stereocenters. The third-order valence-electron chi connectivity index (χ3n) is 3.50. The lowest BCUT2D eigenvalue weighted by molar-refractivity contribution is -0.132. The first-order chi connectivity index (χ1) is 9.87. The number of amides is 1. The molecule has 1 N–H and O–H groups in total. The first-order valence-electron chi connectivity index (χ1n) is 6.93. The Morgan fingerprint density at radius 3 is 2.67 bits per heavy atom. The van der Waals surface area contributed by atoms with Gasteiger partial charge in [-0.1, -0.05) is 17.7 Å². The minimum Gasteiger partial charge on any atom is -0.492 e. The lowest BCUT2D eigenvalue weighted by Gasteiger charge is -2.21. The highest BCUT2D eigenvalue weighted by atomic mass is 19.3. The van der Waals surface area contributed by atoms with Crippen molar-refractivity contribution in [2.75, 3.05) is 26.7 Å². The second-order valence-corrected chi connectivity index (χ2v) is 5.41. The van der Waals surface area contributed by atoms with Crippen LogP contribution in [0.2, 0.25) is 0 Å². The molecule has 1 fully saturated rings. The van der Waals surface area contributed by atoms with Crippen LogP contribution in [0.15, 0.2) is 24.3 Å². The third kappa shape index (κ3) is 4.39. The van der Waals surface area contributed by atoms with Crippen molar-refractivity contribution in [3.05, 3.63) is 29.8 Å². The maximum atomic E-state index is 13.1. The van der Waals surface area contributed by atoms with E-state index < -0.39 is 24.9 Å². The van der Waals surface area contributed by atoms with Crippen LogP contribution in [-0.4, -0.2) is 49.5 Å². The van der Waals surface area contributed by atoms with Crippen LogP contribution in [0, 0.1) is 6.92 Å². The van der Waals surface area contributed by atoms with E-state index in [9.17, 15) is 13.6 Å². The predicted molar refractivity (Wildman–Crippen MR) is 75.7 cm³/mol. The number of carbonyl (C=O) groups is 1. The zero-order valence-corrected chi connectivity index (χ0v) is 12.2. The molecule has 1 aromatic carbocycles. The molecule has 21 heavy (non-hydrogen) atoms. The smallest absolute Gasteiger partial charge is 0.262 e. The molecule has 1 atom stereocenters. The fraction of sp³-hybridized carbons (Fsp3) is 0.533. The Bertz CT molecular complexity index is 491. The minimum atomic E-state index is -2.79. The number of nitrogens with one attached hydrogen (secondary N) is 1. The number of rotatable bonds is 5. The Morgan fingerprint density at radius 1 is 1.43 bits per heavy atom. The molecule has 1 aromatic rings. The van der Waals surface area contributed by atoms with Gasteiger partial charge in [-0.05, 0) is 19.1 Å². The van der Waals surface area contributed by atoms with Gasteiger partial charge in [0, 0.05) is 13.5 Å². The number of nitrogens with zero attached hydrogens (tertiary/aromatic N) is 1. The Hall–Kier alpha value is -1.69. The number of hydrogen-bond acceptors (Lipinski definition) is 3. The summed E-state index contributed by atoms with van der Waals surface area (Å²) in [5.74, 6) is -2.38. The molecule has 4 nitrogen and oxygen atoms in total. The van der Waals surface area contributed by atoms with Gasteiger partial charge in [-0.15, -0.1) is 0 Å². The van der Waals surface area contributed by atoms with E-state index in [1.54, 1.807) is 7.05 Å². The summed E-state index contributed by atoms with van der Waals surface area (Å²) in [4.78, 5) is 13.4. The SMILES string of the molecule is Cc1ccc(OCCN(C)C(=O)C2CC(F)(F)CN2)cc1. The van der Waals surface area contributed by atoms with Crippen molar-refractivity contribution < 1.29 is 18.3 Å². The molecule has 1 aliphatic heterocycles. The van der Waals surface area contributed by atoms with Gasteiger partial charge >= 0.3 is 0 Å². The Balaban J connectivity index is 1.75. The maximum Gasteiger partial charge on any atom is 0.262 e. The normalized spacial score (nSPS) is 20.3. The third-order valence-corrected chi connectivity index (χ3v) is 3.50. The topological polar surface area (TPSA) is 41.6 Å². The van der Waals surface area contributed by atoms with E-state index in [2.05, 4.69) is 5.32 Å². The number of aryl methyl sites for hydroxylation is 1. The molecule has 1 aliphatic rings. The van der Waals surface area contributed by atoms with E-state index in [0.29, 0.717) is 13.2 Å². The number of ether oxygens (including phenoxy) is 1. The standard InChI is InChI=1S/C15H20F2N2O2/c1-11-3-5-12(6-4-11)21-8-7-19(2)14(20)13-9-15(16,17)10-18-13/h3-6,13,18H,7-10H2,1-2H3. The summed E-state index contributed by atoms with van der Waals surface area (Å²) >= 11 is 0. The van der Waals surface area contributed by atoms with Crippen molar-refractivity contribution in [1.29, 1.82) is 0 Å². The lowest BCUT2D eigenvalue weighted by Crippen LogP contribution is -2.43. The summed E-state index contributed by atoms with van der Waals surface area (Å²) in [5.41, 5.74) is 1.14. The lowest BCUT2D eigenvalue weighted by atomic mass is 10.2. The van der Waals surface area contributed by atoms with E-state index in [1.165, 1.54) is 4.90 Å². The quantitative estimate of drug-likeness (QED) is 0.902. The van der Waals surface area contributed by atoms with Crippen LogP contribution in [-0.2, 0) is 4.79 Å². The van der Waals surface area contributed by atoms with Gasteiger partial charge in [0.15, 0.2) is 0 Å². The average molecular weight is 298 g/mol. The van der Waals surface area contributed by atoms with E-state index in [0.717, 1.165) is 11.3 Å². The Kier molecular flexibility index (Phi) is 4.77. The van der Waals surface area contributed by atoms with Crippen molar-refractivity contribution in [1.82, 2.24) is 10.2 Å². The molecule has 0 saturated carbocycles. The molecule has 0 aliphatic carbocycles. The molecule has 6 heteroatoms. The summed E-state index contributed by atoms with van der Waals surface area (Å²) < 4.78 is 31.7. The van der Waals surface area contributed by atoms with Crippen molar-refractivity contribution in [2.24, 2.45) is 0 Å². The average Bonchev–Trinajstić information content (AvgIpc) is 2.80. The summed E-state index contributed by atoms with van der Waals surface area (Å²) in [6.07, 6.45) is -0.436. The number of likely N-dealkylation sites (N-methyl/N-ethyl adjacent to an activating group) is 1. The van der Waals surface area contributed by atoms with Crippen LogP contribution in [0.5, 0.6) is 5.75 Å². The van der Waals surface area contributed by atoms with Crippen LogP contribution in [0.3, 0.4) is 0 Å². The molecule has 0 bridgehead atoms. The van der Waals surface area contributed by atoms with Gasteiger partial charge in [0.1, 0.15) is 12.4 Å². The summed E-state index contributed by atoms with van der Waals surface area (Å²) in [7, 11) is 1.60. The van der Waals surface area contributed by atoms with Gasteiger partial charge < -0.3 is 9.64 Å². The van der Waals surface area contributed by atoms with Crippen molar-refractivity contribution in [2.45, 2.75) is 25.3 Å². The Morgan fingerprint density at radius 2 is 2.10 bits per heavy atom. The zero-order chi connectivity index (χ0) is 15.5. The number of alkyl halides is 2. The monoisotopic (exact) mass is 298 g/mol. The number of benzene rings is 1. The predicted octanol–water partition coefficient (Wildman–Crippen LogP) is 1.83. The van der Waals surface area contributed by atoms with Gasteiger partial charge in [0.25, 0.3) is 5.92 Å². The fourth-order valence-corrected chi connectivity index (χ4v) is 2.20. The molecule has 2 rings (SSSR count). The summed E-state index contributed by atoms with van der Waals surface area (Å²) in [6.45, 7) is 2.24. The molecule has 0 radical (unpaired) electrons. The maximum absolute atomic E-state index is 13.1. The van der Waals surface area contributed by atoms with Crippen LogP contribution in [0.1, 0.15) is 12.0 Å². The zero-order valence-electron chi connectivity index (χ0n) is 12.2. The number of halogens is 2. The van der Waals surface area contributed by atoms with E-state index in [1.807, 2.05) is 31.2 Å². The highest BCUT2D eigenvalue weighted by molar-refractivity contribution is 5.82. The highest BCUT2D eigenvalue weighted by Gasteiger charge is 2.43. The van der Waals surface area contributed by atoms with E-state index in [-0.39, 0.29) is 5.91 Å².